The first-order chi connectivity index (χ1) is 13.0. The first-order valence-electron chi connectivity index (χ1n) is 8.99. The number of anilines is 1. The molecule has 0 N–H and O–H groups in total. The highest BCUT2D eigenvalue weighted by Crippen LogP contribution is 2.22. The summed E-state index contributed by atoms with van der Waals surface area (Å²) < 4.78 is 5.05. The molecule has 1 aliphatic heterocycles. The molecule has 1 aliphatic rings. The molecule has 8 nitrogen and oxygen atoms in total. The highest BCUT2D eigenvalue weighted by molar-refractivity contribution is 6.02. The lowest BCUT2D eigenvalue weighted by atomic mass is 10.1. The van der Waals surface area contributed by atoms with Crippen molar-refractivity contribution in [3.05, 3.63) is 29.8 Å². The van der Waals surface area contributed by atoms with Crippen molar-refractivity contribution in [2.45, 2.75) is 20.3 Å². The lowest BCUT2D eigenvalue weighted by Gasteiger charge is -2.33. The minimum Gasteiger partial charge on any atom is -0.462 e. The number of carbonyl (C=O) groups excluding carboxylic acids is 4. The molecule has 27 heavy (non-hydrogen) atoms. The second-order valence-electron chi connectivity index (χ2n) is 6.18. The van der Waals surface area contributed by atoms with Gasteiger partial charge in [0.25, 0.3) is 0 Å². The first-order valence-corrected chi connectivity index (χ1v) is 8.99. The van der Waals surface area contributed by atoms with E-state index in [9.17, 15) is 19.2 Å². The van der Waals surface area contributed by atoms with Crippen molar-refractivity contribution < 1.29 is 23.9 Å². The van der Waals surface area contributed by atoms with E-state index in [0.29, 0.717) is 37.4 Å². The molecule has 1 aromatic carbocycles. The van der Waals surface area contributed by atoms with Gasteiger partial charge in [-0.15, -0.1) is 0 Å². The number of hydrogen-bond acceptors (Lipinski definition) is 5. The molecule has 1 saturated heterocycles. The van der Waals surface area contributed by atoms with Gasteiger partial charge >= 0.3 is 5.97 Å². The lowest BCUT2D eigenvalue weighted by Crippen LogP contribution is -2.48. The third-order valence-electron chi connectivity index (χ3n) is 4.44. The standard InChI is InChI=1S/C19H25N3O5/c1-3-27-19(26)16-6-4-5-7-17(16)22(15(2)24)9-8-18(25)21-12-10-20(14-23)11-13-21/h4-7,14H,3,8-13H2,1-2H3. The quantitative estimate of drug-likeness (QED) is 0.522. The summed E-state index contributed by atoms with van der Waals surface area (Å²) in [4.78, 5) is 52.3. The van der Waals surface area contributed by atoms with Crippen LogP contribution in [0.1, 0.15) is 30.6 Å². The van der Waals surface area contributed by atoms with Crippen LogP contribution >= 0.6 is 0 Å². The molecule has 1 fully saturated rings. The zero-order valence-corrected chi connectivity index (χ0v) is 15.7. The smallest absolute Gasteiger partial charge is 0.340 e. The van der Waals surface area contributed by atoms with Gasteiger partial charge in [0.05, 0.1) is 17.9 Å². The van der Waals surface area contributed by atoms with Crippen LogP contribution in [0.4, 0.5) is 5.69 Å². The zero-order valence-electron chi connectivity index (χ0n) is 15.7. The Bertz CT molecular complexity index is 698. The second-order valence-corrected chi connectivity index (χ2v) is 6.18. The molecule has 0 unspecified atom stereocenters. The average molecular weight is 375 g/mol. The number of rotatable bonds is 7. The molecule has 0 aliphatic carbocycles. The third kappa shape index (κ3) is 5.29. The van der Waals surface area contributed by atoms with E-state index in [-0.39, 0.29) is 31.4 Å². The molecule has 0 radical (unpaired) electrons. The van der Waals surface area contributed by atoms with E-state index in [1.54, 1.807) is 41.0 Å². The average Bonchev–Trinajstić information content (AvgIpc) is 2.68. The number of benzene rings is 1. The fourth-order valence-electron chi connectivity index (χ4n) is 2.98. The topological polar surface area (TPSA) is 87.2 Å². The number of hydrogen-bond donors (Lipinski definition) is 0. The second kappa shape index (κ2) is 9.70. The summed E-state index contributed by atoms with van der Waals surface area (Å²) in [6, 6.07) is 6.70. The van der Waals surface area contributed by atoms with Crippen LogP contribution in [0.3, 0.4) is 0 Å². The van der Waals surface area contributed by atoms with Gasteiger partial charge in [0, 0.05) is 46.1 Å². The van der Waals surface area contributed by atoms with Crippen molar-refractivity contribution in [2.75, 3.05) is 44.2 Å². The number of carbonyl (C=O) groups is 4. The van der Waals surface area contributed by atoms with Crippen LogP contribution in [0.15, 0.2) is 24.3 Å². The van der Waals surface area contributed by atoms with Crippen molar-refractivity contribution in [1.82, 2.24) is 9.80 Å². The summed E-state index contributed by atoms with van der Waals surface area (Å²) in [5, 5.41) is 0. The van der Waals surface area contributed by atoms with E-state index in [1.165, 1.54) is 11.8 Å². The monoisotopic (exact) mass is 375 g/mol. The van der Waals surface area contributed by atoms with Gasteiger partial charge in [-0.1, -0.05) is 12.1 Å². The van der Waals surface area contributed by atoms with Crippen LogP contribution in [0.2, 0.25) is 0 Å². The summed E-state index contributed by atoms with van der Waals surface area (Å²) in [5.74, 6) is -0.846. The minimum atomic E-state index is -0.504. The van der Waals surface area contributed by atoms with Gasteiger partial charge in [0.1, 0.15) is 0 Å². The summed E-state index contributed by atoms with van der Waals surface area (Å²) >= 11 is 0. The Labute approximate surface area is 158 Å². The van der Waals surface area contributed by atoms with E-state index in [2.05, 4.69) is 0 Å². The van der Waals surface area contributed by atoms with Gasteiger partial charge in [0.15, 0.2) is 0 Å². The summed E-state index contributed by atoms with van der Waals surface area (Å²) in [5.41, 5.74) is 0.726. The maximum atomic E-state index is 12.5. The maximum absolute atomic E-state index is 12.5. The Morgan fingerprint density at radius 2 is 1.81 bits per heavy atom. The van der Waals surface area contributed by atoms with Gasteiger partial charge in [-0.2, -0.15) is 0 Å². The number of para-hydroxylation sites is 1. The molecule has 0 atom stereocenters. The molecule has 146 valence electrons. The normalized spacial score (nSPS) is 13.9. The lowest BCUT2D eigenvalue weighted by molar-refractivity contribution is -0.135. The number of nitrogens with zero attached hydrogens (tertiary/aromatic N) is 3. The SMILES string of the molecule is CCOC(=O)c1ccccc1N(CCC(=O)N1CCN(C=O)CC1)C(C)=O. The van der Waals surface area contributed by atoms with Crippen molar-refractivity contribution in [3.63, 3.8) is 0 Å². The Balaban J connectivity index is 2.06. The fourth-order valence-corrected chi connectivity index (χ4v) is 2.98. The Kier molecular flexibility index (Phi) is 7.34. The zero-order chi connectivity index (χ0) is 19.8. The highest BCUT2D eigenvalue weighted by atomic mass is 16.5. The van der Waals surface area contributed by atoms with Gasteiger partial charge < -0.3 is 19.4 Å². The molecule has 0 bridgehead atoms. The van der Waals surface area contributed by atoms with Crippen LogP contribution in [0.5, 0.6) is 0 Å². The van der Waals surface area contributed by atoms with Gasteiger partial charge in [0.2, 0.25) is 18.2 Å². The Morgan fingerprint density at radius 1 is 1.15 bits per heavy atom. The molecule has 0 saturated carbocycles. The van der Waals surface area contributed by atoms with Crippen LogP contribution < -0.4 is 4.90 Å². The molecular formula is C19H25N3O5. The molecule has 0 spiro atoms. The van der Waals surface area contributed by atoms with Crippen molar-refractivity contribution in [2.24, 2.45) is 0 Å². The van der Waals surface area contributed by atoms with E-state index < -0.39 is 5.97 Å². The van der Waals surface area contributed by atoms with E-state index in [0.717, 1.165) is 6.41 Å². The van der Waals surface area contributed by atoms with E-state index in [4.69, 9.17) is 4.74 Å². The fraction of sp³-hybridized carbons (Fsp3) is 0.474. The van der Waals surface area contributed by atoms with Crippen molar-refractivity contribution >= 4 is 29.9 Å². The Hall–Kier alpha value is -2.90. The van der Waals surface area contributed by atoms with Gasteiger partial charge in [-0.25, -0.2) is 4.79 Å². The summed E-state index contributed by atoms with van der Waals surface area (Å²) in [7, 11) is 0. The number of ether oxygens (including phenoxy) is 1. The Morgan fingerprint density at radius 3 is 2.41 bits per heavy atom. The predicted octanol–water partition coefficient (Wildman–Crippen LogP) is 0.907. The molecule has 1 aromatic rings. The number of esters is 1. The summed E-state index contributed by atoms with van der Waals surface area (Å²) in [6.45, 7) is 5.50. The third-order valence-corrected chi connectivity index (χ3v) is 4.44. The molecule has 0 aromatic heterocycles. The van der Waals surface area contributed by atoms with Crippen LogP contribution in [-0.4, -0.2) is 73.3 Å². The highest BCUT2D eigenvalue weighted by Gasteiger charge is 2.24. The van der Waals surface area contributed by atoms with E-state index >= 15 is 0 Å². The maximum Gasteiger partial charge on any atom is 0.340 e. The molecule has 8 heteroatoms. The van der Waals surface area contributed by atoms with Gasteiger partial charge in [-0.05, 0) is 19.1 Å². The molecule has 3 amide bonds. The number of amides is 3. The van der Waals surface area contributed by atoms with Crippen molar-refractivity contribution in [3.8, 4) is 0 Å². The largest absolute Gasteiger partial charge is 0.462 e. The molecule has 1 heterocycles. The molecular weight excluding hydrogens is 350 g/mol. The van der Waals surface area contributed by atoms with Crippen LogP contribution in [0.25, 0.3) is 0 Å². The van der Waals surface area contributed by atoms with Crippen molar-refractivity contribution in [1.29, 1.82) is 0 Å². The van der Waals surface area contributed by atoms with Crippen LogP contribution in [0, 0.1) is 0 Å². The number of piperazine rings is 1. The molecule has 2 rings (SSSR count). The first kappa shape index (κ1) is 20.4. The summed E-state index contributed by atoms with van der Waals surface area (Å²) in [6.07, 6.45) is 0.920. The van der Waals surface area contributed by atoms with Crippen LogP contribution in [-0.2, 0) is 19.1 Å². The van der Waals surface area contributed by atoms with E-state index in [1.807, 2.05) is 0 Å². The minimum absolute atomic E-state index is 0.0829. The predicted molar refractivity (Wildman–Crippen MR) is 99.3 cm³/mol. The van der Waals surface area contributed by atoms with Gasteiger partial charge in [-0.3, -0.25) is 14.4 Å².